The van der Waals surface area contributed by atoms with Gasteiger partial charge < -0.3 is 0 Å². The Morgan fingerprint density at radius 3 is 2.78 bits per heavy atom. The maximum atomic E-state index is 3.34. The molecule has 0 aliphatic carbocycles. The summed E-state index contributed by atoms with van der Waals surface area (Å²) in [7, 11) is 0. The highest BCUT2D eigenvalue weighted by Crippen LogP contribution is 2.28. The largest absolute Gasteiger partial charge is 0.253 e. The van der Waals surface area contributed by atoms with Crippen molar-refractivity contribution < 1.29 is 0 Å². The number of fused-ring (bicyclic) bond motifs is 1. The van der Waals surface area contributed by atoms with Crippen LogP contribution in [0.3, 0.4) is 0 Å². The lowest BCUT2D eigenvalue weighted by molar-refractivity contribution is 0.0256. The average molecular weight is 126 g/mol. The van der Waals surface area contributed by atoms with Crippen LogP contribution < -0.4 is 5.43 Å². The molecule has 0 bridgehead atoms. The first kappa shape index (κ1) is 5.69. The number of rotatable bonds is 1. The molecule has 2 atom stereocenters. The third-order valence-electron chi connectivity index (χ3n) is 2.60. The maximum absolute atomic E-state index is 3.34. The molecule has 0 aromatic rings. The molecule has 2 aliphatic heterocycles. The van der Waals surface area contributed by atoms with Crippen LogP contribution >= 0.6 is 0 Å². The first-order chi connectivity index (χ1) is 4.42. The third-order valence-corrected chi connectivity index (χ3v) is 2.60. The summed E-state index contributed by atoms with van der Waals surface area (Å²) in [4.78, 5) is 0. The van der Waals surface area contributed by atoms with Crippen molar-refractivity contribution in [1.29, 1.82) is 0 Å². The number of hydrogen-bond acceptors (Lipinski definition) is 2. The van der Waals surface area contributed by atoms with Gasteiger partial charge in [0.1, 0.15) is 0 Å². The molecule has 2 heterocycles. The van der Waals surface area contributed by atoms with Crippen molar-refractivity contribution in [2.24, 2.45) is 0 Å². The van der Waals surface area contributed by atoms with Gasteiger partial charge in [-0.05, 0) is 19.3 Å². The molecule has 0 radical (unpaired) electrons. The SMILES string of the molecule is CC[C@H]1CC[C@H]2CNN12. The molecule has 2 fully saturated rings. The van der Waals surface area contributed by atoms with Gasteiger partial charge in [0.15, 0.2) is 0 Å². The molecule has 1 N–H and O–H groups in total. The summed E-state index contributed by atoms with van der Waals surface area (Å²) < 4.78 is 0. The number of hydrazine groups is 1. The number of hydrogen-bond donors (Lipinski definition) is 1. The van der Waals surface area contributed by atoms with Crippen LogP contribution in [-0.2, 0) is 0 Å². The van der Waals surface area contributed by atoms with Gasteiger partial charge in [0.25, 0.3) is 0 Å². The molecule has 2 heteroatoms. The van der Waals surface area contributed by atoms with E-state index in [1.54, 1.807) is 0 Å². The molecule has 0 aromatic heterocycles. The van der Waals surface area contributed by atoms with E-state index >= 15 is 0 Å². The zero-order valence-electron chi connectivity index (χ0n) is 5.93. The van der Waals surface area contributed by atoms with Crippen LogP contribution in [0.1, 0.15) is 26.2 Å². The van der Waals surface area contributed by atoms with Gasteiger partial charge in [-0.3, -0.25) is 5.43 Å². The van der Waals surface area contributed by atoms with Gasteiger partial charge >= 0.3 is 0 Å². The molecule has 2 saturated heterocycles. The van der Waals surface area contributed by atoms with E-state index in [9.17, 15) is 0 Å². The zero-order chi connectivity index (χ0) is 6.27. The smallest absolute Gasteiger partial charge is 0.0386 e. The molecule has 2 aliphatic rings. The van der Waals surface area contributed by atoms with E-state index < -0.39 is 0 Å². The van der Waals surface area contributed by atoms with Gasteiger partial charge in [0.05, 0.1) is 0 Å². The summed E-state index contributed by atoms with van der Waals surface area (Å²) in [5.41, 5.74) is 3.34. The van der Waals surface area contributed by atoms with Gasteiger partial charge in [0, 0.05) is 18.6 Å². The predicted octanol–water partition coefficient (Wildman–Crippen LogP) is 0.748. The highest BCUT2D eigenvalue weighted by atomic mass is 15.6. The topological polar surface area (TPSA) is 15.3 Å². The highest BCUT2D eigenvalue weighted by molar-refractivity contribution is 4.91. The molecular formula is C7H14N2. The molecule has 9 heavy (non-hydrogen) atoms. The normalized spacial score (nSPS) is 42.3. The van der Waals surface area contributed by atoms with Crippen molar-refractivity contribution in [3.8, 4) is 0 Å². The lowest BCUT2D eigenvalue weighted by Crippen LogP contribution is -2.61. The summed E-state index contributed by atoms with van der Waals surface area (Å²) in [6, 6.07) is 1.75. The van der Waals surface area contributed by atoms with Gasteiger partial charge in [-0.15, -0.1) is 0 Å². The molecule has 0 aromatic carbocycles. The molecule has 0 spiro atoms. The first-order valence-electron chi connectivity index (χ1n) is 3.93. The van der Waals surface area contributed by atoms with Gasteiger partial charge in [-0.1, -0.05) is 6.92 Å². The molecule has 0 amide bonds. The number of nitrogens with one attached hydrogen (secondary N) is 1. The van der Waals surface area contributed by atoms with Crippen LogP contribution in [0.15, 0.2) is 0 Å². The minimum absolute atomic E-state index is 0.851. The summed E-state index contributed by atoms with van der Waals surface area (Å²) in [5.74, 6) is 0. The third kappa shape index (κ3) is 0.700. The van der Waals surface area contributed by atoms with Crippen LogP contribution in [-0.4, -0.2) is 23.6 Å². The monoisotopic (exact) mass is 126 g/mol. The zero-order valence-corrected chi connectivity index (χ0v) is 5.93. The van der Waals surface area contributed by atoms with Crippen molar-refractivity contribution in [2.75, 3.05) is 6.54 Å². The second-order valence-electron chi connectivity index (χ2n) is 3.06. The Morgan fingerprint density at radius 1 is 1.56 bits per heavy atom. The average Bonchev–Trinajstić information content (AvgIpc) is 2.07. The number of nitrogens with zero attached hydrogens (tertiary/aromatic N) is 1. The fourth-order valence-corrected chi connectivity index (χ4v) is 1.92. The summed E-state index contributed by atoms with van der Waals surface area (Å²) in [5, 5.41) is 2.43. The summed E-state index contributed by atoms with van der Waals surface area (Å²) >= 11 is 0. The fraction of sp³-hybridized carbons (Fsp3) is 1.00. The van der Waals surface area contributed by atoms with E-state index in [1.807, 2.05) is 0 Å². The second-order valence-corrected chi connectivity index (χ2v) is 3.06. The van der Waals surface area contributed by atoms with E-state index in [-0.39, 0.29) is 0 Å². The van der Waals surface area contributed by atoms with Crippen LogP contribution in [0, 0.1) is 0 Å². The van der Waals surface area contributed by atoms with Gasteiger partial charge in [-0.25, -0.2) is 5.01 Å². The highest BCUT2D eigenvalue weighted by Gasteiger charge is 2.38. The molecule has 52 valence electrons. The molecule has 0 saturated carbocycles. The Labute approximate surface area is 56.2 Å². The molecular weight excluding hydrogens is 112 g/mol. The summed E-state index contributed by atoms with van der Waals surface area (Å²) in [6.45, 7) is 3.50. The lowest BCUT2D eigenvalue weighted by Gasteiger charge is -2.39. The van der Waals surface area contributed by atoms with E-state index in [4.69, 9.17) is 0 Å². The maximum Gasteiger partial charge on any atom is 0.0386 e. The minimum Gasteiger partial charge on any atom is -0.253 e. The van der Waals surface area contributed by atoms with Gasteiger partial charge in [-0.2, -0.15) is 0 Å². The molecule has 2 rings (SSSR count). The quantitative estimate of drug-likeness (QED) is 0.557. The Morgan fingerprint density at radius 2 is 2.44 bits per heavy atom. The van der Waals surface area contributed by atoms with Gasteiger partial charge in [0.2, 0.25) is 0 Å². The van der Waals surface area contributed by atoms with Crippen molar-refractivity contribution in [3.63, 3.8) is 0 Å². The van der Waals surface area contributed by atoms with Crippen molar-refractivity contribution >= 4 is 0 Å². The van der Waals surface area contributed by atoms with E-state index in [0.717, 1.165) is 12.1 Å². The first-order valence-corrected chi connectivity index (χ1v) is 3.93. The second kappa shape index (κ2) is 1.96. The summed E-state index contributed by atoms with van der Waals surface area (Å²) in [6.07, 6.45) is 4.14. The van der Waals surface area contributed by atoms with E-state index in [1.165, 1.54) is 25.8 Å². The molecule has 0 unspecified atom stereocenters. The van der Waals surface area contributed by atoms with Crippen LogP contribution in [0.5, 0.6) is 0 Å². The fourth-order valence-electron chi connectivity index (χ4n) is 1.92. The Balaban J connectivity index is 1.97. The standard InChI is InChI=1S/C7H14N2/c1-2-6-3-4-7-5-8-9(6)7/h6-8H,2-5H2,1H3/t6-,7-/m0/s1. The van der Waals surface area contributed by atoms with Crippen molar-refractivity contribution in [1.82, 2.24) is 10.4 Å². The van der Waals surface area contributed by atoms with Crippen molar-refractivity contribution in [3.05, 3.63) is 0 Å². The Hall–Kier alpha value is -0.0800. The van der Waals surface area contributed by atoms with Crippen LogP contribution in [0.25, 0.3) is 0 Å². The predicted molar refractivity (Wildman–Crippen MR) is 36.9 cm³/mol. The van der Waals surface area contributed by atoms with E-state index in [2.05, 4.69) is 17.4 Å². The molecule has 2 nitrogen and oxygen atoms in total. The van der Waals surface area contributed by atoms with E-state index in [0.29, 0.717) is 0 Å². The Bertz CT molecular complexity index is 111. The lowest BCUT2D eigenvalue weighted by atomic mass is 10.2. The van der Waals surface area contributed by atoms with Crippen LogP contribution in [0.2, 0.25) is 0 Å². The van der Waals surface area contributed by atoms with Crippen molar-refractivity contribution in [2.45, 2.75) is 38.3 Å². The Kier molecular flexibility index (Phi) is 1.24. The minimum atomic E-state index is 0.851. The van der Waals surface area contributed by atoms with Crippen LogP contribution in [0.4, 0.5) is 0 Å².